The van der Waals surface area contributed by atoms with Crippen LogP contribution in [0.1, 0.15) is 43.5 Å². The molecule has 1 aliphatic heterocycles. The van der Waals surface area contributed by atoms with Crippen molar-refractivity contribution < 1.29 is 22.8 Å². The third-order valence-electron chi connectivity index (χ3n) is 5.16. The first-order valence-corrected chi connectivity index (χ1v) is 8.40. The van der Waals surface area contributed by atoms with Gasteiger partial charge < -0.3 is 10.2 Å². The Hall–Kier alpha value is -2.05. The Morgan fingerprint density at radius 1 is 1.20 bits per heavy atom. The smallest absolute Gasteiger partial charge is 0.333 e. The molecule has 2 fully saturated rings. The lowest BCUT2D eigenvalue weighted by Crippen LogP contribution is -2.49. The number of anilines is 1. The van der Waals surface area contributed by atoms with Crippen LogP contribution in [0.3, 0.4) is 0 Å². The first-order valence-electron chi connectivity index (χ1n) is 8.40. The van der Waals surface area contributed by atoms with Gasteiger partial charge in [-0.3, -0.25) is 9.59 Å². The minimum atomic E-state index is -4.33. The maximum absolute atomic E-state index is 13.2. The van der Waals surface area contributed by atoms with Crippen molar-refractivity contribution in [3.8, 4) is 0 Å². The molecule has 0 bridgehead atoms. The average Bonchev–Trinajstić information content (AvgIpc) is 3.30. The zero-order chi connectivity index (χ0) is 18.4. The summed E-state index contributed by atoms with van der Waals surface area (Å²) in [5, 5.41) is 2.75. The summed E-state index contributed by atoms with van der Waals surface area (Å²) in [4.78, 5) is 25.9. The molecule has 0 radical (unpaired) electrons. The predicted octanol–water partition coefficient (Wildman–Crippen LogP) is 3.84. The third kappa shape index (κ3) is 3.50. The molecule has 7 heteroatoms. The molecule has 1 saturated heterocycles. The largest absolute Gasteiger partial charge is 0.394 e. The Kier molecular flexibility index (Phi) is 4.29. The number of hydrogen-bond acceptors (Lipinski definition) is 2. The number of benzene rings is 1. The van der Waals surface area contributed by atoms with Gasteiger partial charge in [-0.25, -0.2) is 0 Å². The van der Waals surface area contributed by atoms with Crippen LogP contribution in [-0.2, 0) is 4.79 Å². The van der Waals surface area contributed by atoms with E-state index < -0.39 is 23.5 Å². The predicted molar refractivity (Wildman–Crippen MR) is 87.1 cm³/mol. The Morgan fingerprint density at radius 2 is 1.88 bits per heavy atom. The van der Waals surface area contributed by atoms with Gasteiger partial charge in [-0.2, -0.15) is 13.2 Å². The highest BCUT2D eigenvalue weighted by atomic mass is 19.4. The van der Waals surface area contributed by atoms with E-state index in [1.54, 1.807) is 18.2 Å². The van der Waals surface area contributed by atoms with Gasteiger partial charge >= 0.3 is 6.18 Å². The third-order valence-corrected chi connectivity index (χ3v) is 5.16. The Labute approximate surface area is 144 Å². The molecule has 1 aromatic rings. The van der Waals surface area contributed by atoms with Gasteiger partial charge in [0.1, 0.15) is 0 Å². The van der Waals surface area contributed by atoms with Crippen LogP contribution in [0.15, 0.2) is 24.3 Å². The van der Waals surface area contributed by atoms with Crippen molar-refractivity contribution >= 4 is 17.5 Å². The maximum Gasteiger partial charge on any atom is 0.394 e. The van der Waals surface area contributed by atoms with Crippen LogP contribution in [0.2, 0.25) is 0 Å². The summed E-state index contributed by atoms with van der Waals surface area (Å²) >= 11 is 0. The van der Waals surface area contributed by atoms with Crippen LogP contribution >= 0.6 is 0 Å². The number of carbonyl (C=O) groups is 2. The summed E-state index contributed by atoms with van der Waals surface area (Å²) in [6, 6.07) is 6.39. The lowest BCUT2D eigenvalue weighted by molar-refractivity contribution is -0.189. The molecule has 1 heterocycles. The van der Waals surface area contributed by atoms with E-state index in [1.165, 1.54) is 24.8 Å². The molecule has 4 nitrogen and oxygen atoms in total. The summed E-state index contributed by atoms with van der Waals surface area (Å²) in [5.41, 5.74) is -0.528. The van der Waals surface area contributed by atoms with E-state index >= 15 is 0 Å². The Bertz CT molecular complexity index is 696. The van der Waals surface area contributed by atoms with Crippen molar-refractivity contribution in [3.05, 3.63) is 29.8 Å². The van der Waals surface area contributed by atoms with Gasteiger partial charge in [0.2, 0.25) is 5.91 Å². The quantitative estimate of drug-likeness (QED) is 0.897. The molecule has 2 aliphatic rings. The highest BCUT2D eigenvalue weighted by Crippen LogP contribution is 2.45. The highest BCUT2D eigenvalue weighted by Gasteiger charge is 2.56. The molecule has 0 unspecified atom stereocenters. The SMILES string of the molecule is CC1(C)[C@H](C(F)(F)F)CCN1C(=O)c1cccc(NC(=O)C2CC2)c1. The zero-order valence-electron chi connectivity index (χ0n) is 14.2. The van der Waals surface area contributed by atoms with Crippen molar-refractivity contribution in [3.63, 3.8) is 0 Å². The Morgan fingerprint density at radius 3 is 2.44 bits per heavy atom. The van der Waals surface area contributed by atoms with Crippen LogP contribution < -0.4 is 5.32 Å². The molecule has 0 spiro atoms. The summed E-state index contributed by atoms with van der Waals surface area (Å²) < 4.78 is 39.6. The summed E-state index contributed by atoms with van der Waals surface area (Å²) in [7, 11) is 0. The van der Waals surface area contributed by atoms with E-state index in [9.17, 15) is 22.8 Å². The van der Waals surface area contributed by atoms with Crippen molar-refractivity contribution in [2.24, 2.45) is 11.8 Å². The summed E-state index contributed by atoms with van der Waals surface area (Å²) in [6.07, 6.45) is -2.70. The Balaban J connectivity index is 1.78. The van der Waals surface area contributed by atoms with Crippen LogP contribution in [0.5, 0.6) is 0 Å². The molecule has 1 aliphatic carbocycles. The number of alkyl halides is 3. The number of nitrogens with zero attached hydrogens (tertiary/aromatic N) is 1. The minimum Gasteiger partial charge on any atom is -0.333 e. The molecule has 0 aromatic heterocycles. The van der Waals surface area contributed by atoms with E-state index in [0.29, 0.717) is 5.69 Å². The second kappa shape index (κ2) is 6.04. The molecule has 3 rings (SSSR count). The highest BCUT2D eigenvalue weighted by molar-refractivity contribution is 5.98. The minimum absolute atomic E-state index is 0.0319. The van der Waals surface area contributed by atoms with Gasteiger partial charge in [0.15, 0.2) is 0 Å². The molecule has 136 valence electrons. The van der Waals surface area contributed by atoms with Gasteiger partial charge in [-0.05, 0) is 51.3 Å². The van der Waals surface area contributed by atoms with Crippen molar-refractivity contribution in [2.45, 2.75) is 44.8 Å². The molecule has 1 atom stereocenters. The molecule has 1 saturated carbocycles. The van der Waals surface area contributed by atoms with Crippen molar-refractivity contribution in [1.29, 1.82) is 0 Å². The number of rotatable bonds is 3. The molecule has 2 amide bonds. The summed E-state index contributed by atoms with van der Waals surface area (Å²) in [5.74, 6) is -2.03. The van der Waals surface area contributed by atoms with E-state index in [4.69, 9.17) is 0 Å². The van der Waals surface area contributed by atoms with Gasteiger partial charge in [-0.1, -0.05) is 6.07 Å². The fraction of sp³-hybridized carbons (Fsp3) is 0.556. The number of halogens is 3. The fourth-order valence-corrected chi connectivity index (χ4v) is 3.49. The monoisotopic (exact) mass is 354 g/mol. The van der Waals surface area contributed by atoms with Crippen molar-refractivity contribution in [2.75, 3.05) is 11.9 Å². The first-order chi connectivity index (χ1) is 11.6. The maximum atomic E-state index is 13.2. The van der Waals surface area contributed by atoms with Crippen molar-refractivity contribution in [1.82, 2.24) is 4.90 Å². The molecule has 1 aromatic carbocycles. The zero-order valence-corrected chi connectivity index (χ0v) is 14.2. The number of amides is 2. The van der Waals surface area contributed by atoms with Crippen LogP contribution in [0.25, 0.3) is 0 Å². The van der Waals surface area contributed by atoms with E-state index in [2.05, 4.69) is 5.32 Å². The molecule has 1 N–H and O–H groups in total. The fourth-order valence-electron chi connectivity index (χ4n) is 3.49. The molecular formula is C18H21F3N2O2. The number of hydrogen-bond donors (Lipinski definition) is 1. The molecule has 25 heavy (non-hydrogen) atoms. The molecular weight excluding hydrogens is 333 g/mol. The van der Waals surface area contributed by atoms with E-state index in [1.807, 2.05) is 0 Å². The van der Waals surface area contributed by atoms with E-state index in [-0.39, 0.29) is 30.4 Å². The van der Waals surface area contributed by atoms with Crippen LogP contribution in [0, 0.1) is 11.8 Å². The van der Waals surface area contributed by atoms with E-state index in [0.717, 1.165) is 12.8 Å². The number of carbonyl (C=O) groups excluding carboxylic acids is 2. The topological polar surface area (TPSA) is 49.4 Å². The summed E-state index contributed by atoms with van der Waals surface area (Å²) in [6.45, 7) is 2.97. The average molecular weight is 354 g/mol. The second-order valence-corrected chi connectivity index (χ2v) is 7.34. The second-order valence-electron chi connectivity index (χ2n) is 7.34. The lowest BCUT2D eigenvalue weighted by Gasteiger charge is -2.36. The normalized spacial score (nSPS) is 22.8. The first kappa shape index (κ1) is 17.8. The van der Waals surface area contributed by atoms with Crippen LogP contribution in [-0.4, -0.2) is 35.0 Å². The number of likely N-dealkylation sites (tertiary alicyclic amines) is 1. The van der Waals surface area contributed by atoms with Crippen LogP contribution in [0.4, 0.5) is 18.9 Å². The van der Waals surface area contributed by atoms with Gasteiger partial charge in [0.05, 0.1) is 5.92 Å². The van der Waals surface area contributed by atoms with Gasteiger partial charge in [0, 0.05) is 29.3 Å². The standard InChI is InChI=1S/C18H21F3N2O2/c1-17(2)14(18(19,20)21)8-9-23(17)16(25)12-4-3-5-13(10-12)22-15(24)11-6-7-11/h3-5,10-11,14H,6-9H2,1-2H3,(H,22,24)/t14-/m1/s1. The lowest BCUT2D eigenvalue weighted by atomic mass is 9.87. The number of nitrogens with one attached hydrogen (secondary N) is 1. The van der Waals surface area contributed by atoms with Gasteiger partial charge in [0.25, 0.3) is 5.91 Å². The van der Waals surface area contributed by atoms with Gasteiger partial charge in [-0.15, -0.1) is 0 Å².